The highest BCUT2D eigenvalue weighted by molar-refractivity contribution is 6.72. The van der Waals surface area contributed by atoms with Crippen LogP contribution < -0.4 is 5.59 Å². The molecule has 0 atom stereocenters. The molecule has 2 nitrogen and oxygen atoms in total. The zero-order valence-electron chi connectivity index (χ0n) is 5.84. The van der Waals surface area contributed by atoms with Gasteiger partial charge in [-0.1, -0.05) is 12.1 Å². The number of aromatic nitrogens is 1. The molecule has 0 bridgehead atoms. The third kappa shape index (κ3) is 1.75. The van der Waals surface area contributed by atoms with Gasteiger partial charge in [-0.15, -0.1) is 0 Å². The summed E-state index contributed by atoms with van der Waals surface area (Å²) in [6.07, 6.45) is 0. The molecule has 0 saturated carbocycles. The summed E-state index contributed by atoms with van der Waals surface area (Å²) in [4.78, 5) is 3.10. The third-order valence-electron chi connectivity index (χ3n) is 1.22. The molecular formula is C6H3BF3N2-. The van der Waals surface area contributed by atoms with E-state index in [9.17, 15) is 12.9 Å². The van der Waals surface area contributed by atoms with Crippen molar-refractivity contribution in [1.29, 1.82) is 5.26 Å². The normalized spacial score (nSPS) is 10.8. The average molecular weight is 171 g/mol. The maximum Gasteiger partial charge on any atom is 0.527 e. The van der Waals surface area contributed by atoms with Crippen molar-refractivity contribution in [2.24, 2.45) is 0 Å². The van der Waals surface area contributed by atoms with Crippen LogP contribution in [0.1, 0.15) is 5.69 Å². The summed E-state index contributed by atoms with van der Waals surface area (Å²) in [6, 6.07) is 4.78. The molecule has 0 aliphatic rings. The highest BCUT2D eigenvalue weighted by Crippen LogP contribution is 2.06. The Kier molecular flexibility index (Phi) is 2.04. The molecule has 0 unspecified atom stereocenters. The Morgan fingerprint density at radius 3 is 2.50 bits per heavy atom. The van der Waals surface area contributed by atoms with Gasteiger partial charge in [0.05, 0.1) is 0 Å². The second-order valence-corrected chi connectivity index (χ2v) is 2.13. The Morgan fingerprint density at radius 2 is 2.00 bits per heavy atom. The number of nitriles is 1. The van der Waals surface area contributed by atoms with E-state index in [1.165, 1.54) is 12.1 Å². The summed E-state index contributed by atoms with van der Waals surface area (Å²) in [6.45, 7) is -5.09. The maximum absolute atomic E-state index is 12.0. The molecule has 62 valence electrons. The molecule has 0 radical (unpaired) electrons. The van der Waals surface area contributed by atoms with Crippen LogP contribution in [0.2, 0.25) is 0 Å². The predicted molar refractivity (Wildman–Crippen MR) is 37.7 cm³/mol. The van der Waals surface area contributed by atoms with Gasteiger partial charge in [0.1, 0.15) is 11.8 Å². The Labute approximate surface area is 66.7 Å². The third-order valence-corrected chi connectivity index (χ3v) is 1.22. The first kappa shape index (κ1) is 8.59. The first-order chi connectivity index (χ1) is 5.54. The Morgan fingerprint density at radius 1 is 1.33 bits per heavy atom. The van der Waals surface area contributed by atoms with Gasteiger partial charge in [-0.3, -0.25) is 4.98 Å². The van der Waals surface area contributed by atoms with Crippen LogP contribution in [0.4, 0.5) is 12.9 Å². The lowest BCUT2D eigenvalue weighted by atomic mass is 9.85. The van der Waals surface area contributed by atoms with Crippen molar-refractivity contribution in [3.63, 3.8) is 0 Å². The van der Waals surface area contributed by atoms with Gasteiger partial charge in [-0.25, -0.2) is 0 Å². The van der Waals surface area contributed by atoms with Crippen LogP contribution in [-0.2, 0) is 0 Å². The van der Waals surface area contributed by atoms with E-state index >= 15 is 0 Å². The van der Waals surface area contributed by atoms with Crippen molar-refractivity contribution in [2.45, 2.75) is 0 Å². The van der Waals surface area contributed by atoms with Crippen molar-refractivity contribution in [3.8, 4) is 6.07 Å². The highest BCUT2D eigenvalue weighted by Gasteiger charge is 2.27. The molecule has 1 heterocycles. The SMILES string of the molecule is N#Cc1cccc([B-](F)(F)F)n1. The van der Waals surface area contributed by atoms with E-state index in [4.69, 9.17) is 5.26 Å². The summed E-state index contributed by atoms with van der Waals surface area (Å²) >= 11 is 0. The van der Waals surface area contributed by atoms with Crippen LogP contribution in [0.25, 0.3) is 0 Å². The van der Waals surface area contributed by atoms with Crippen LogP contribution in [0, 0.1) is 11.3 Å². The zero-order chi connectivity index (χ0) is 9.19. The Hall–Kier alpha value is -1.51. The number of pyridine rings is 1. The molecule has 12 heavy (non-hydrogen) atoms. The molecule has 0 aliphatic carbocycles. The Bertz CT molecular complexity index is 328. The fraction of sp³-hybridized carbons (Fsp3) is 0. The van der Waals surface area contributed by atoms with Crippen LogP contribution in [0.15, 0.2) is 18.2 Å². The molecule has 0 N–H and O–H groups in total. The molecule has 0 aliphatic heterocycles. The van der Waals surface area contributed by atoms with Gasteiger partial charge >= 0.3 is 6.98 Å². The highest BCUT2D eigenvalue weighted by atomic mass is 19.4. The summed E-state index contributed by atoms with van der Waals surface area (Å²) in [5, 5.41) is 8.25. The van der Waals surface area contributed by atoms with E-state index < -0.39 is 12.6 Å². The van der Waals surface area contributed by atoms with E-state index in [1.54, 1.807) is 0 Å². The summed E-state index contributed by atoms with van der Waals surface area (Å²) in [5.41, 5.74) is -1.19. The topological polar surface area (TPSA) is 36.7 Å². The molecule has 0 spiro atoms. The largest absolute Gasteiger partial charge is 0.527 e. The van der Waals surface area contributed by atoms with Gasteiger partial charge in [0.15, 0.2) is 0 Å². The number of hydrogen-bond donors (Lipinski definition) is 0. The molecule has 1 aromatic rings. The molecule has 1 aromatic heterocycles. The zero-order valence-corrected chi connectivity index (χ0v) is 5.84. The van der Waals surface area contributed by atoms with Crippen molar-refractivity contribution in [1.82, 2.24) is 4.98 Å². The molecule has 6 heteroatoms. The van der Waals surface area contributed by atoms with E-state index in [0.717, 1.165) is 12.1 Å². The minimum absolute atomic E-state index is 0.216. The van der Waals surface area contributed by atoms with Crippen molar-refractivity contribution in [3.05, 3.63) is 23.9 Å². The molecule has 0 fully saturated rings. The van der Waals surface area contributed by atoms with Crippen molar-refractivity contribution in [2.75, 3.05) is 0 Å². The van der Waals surface area contributed by atoms with Gasteiger partial charge < -0.3 is 12.9 Å². The van der Waals surface area contributed by atoms with E-state index in [0.29, 0.717) is 0 Å². The lowest BCUT2D eigenvalue weighted by molar-refractivity contribution is 0.498. The van der Waals surface area contributed by atoms with Crippen LogP contribution in [0.3, 0.4) is 0 Å². The smallest absolute Gasteiger partial charge is 0.444 e. The summed E-state index contributed by atoms with van der Waals surface area (Å²) in [7, 11) is 0. The molecule has 0 amide bonds. The van der Waals surface area contributed by atoms with Crippen molar-refractivity contribution >= 4 is 12.6 Å². The fourth-order valence-electron chi connectivity index (χ4n) is 0.696. The van der Waals surface area contributed by atoms with Crippen LogP contribution in [-0.4, -0.2) is 12.0 Å². The first-order valence-corrected chi connectivity index (χ1v) is 3.11. The van der Waals surface area contributed by atoms with Gasteiger partial charge in [0.25, 0.3) is 0 Å². The minimum atomic E-state index is -5.09. The molecular weight excluding hydrogens is 168 g/mol. The number of nitrogens with zero attached hydrogens (tertiary/aromatic N) is 2. The lowest BCUT2D eigenvalue weighted by Crippen LogP contribution is -2.36. The van der Waals surface area contributed by atoms with Crippen molar-refractivity contribution < 1.29 is 12.9 Å². The van der Waals surface area contributed by atoms with Gasteiger partial charge in [0, 0.05) is 0 Å². The minimum Gasteiger partial charge on any atom is -0.444 e. The second kappa shape index (κ2) is 2.85. The molecule has 1 rings (SSSR count). The van der Waals surface area contributed by atoms with Gasteiger partial charge in [-0.05, 0) is 11.7 Å². The molecule has 0 saturated heterocycles. The standard InChI is InChI=1S/C6H3BF3N2/c8-7(9,10)6-3-1-2-5(4-11)12-6/h1-3H/q-1. The summed E-state index contributed by atoms with van der Waals surface area (Å²) in [5.74, 6) is 0. The van der Waals surface area contributed by atoms with Crippen LogP contribution in [0.5, 0.6) is 0 Å². The average Bonchev–Trinajstić information content (AvgIpc) is 2.03. The number of rotatable bonds is 1. The Balaban J connectivity index is 3.13. The van der Waals surface area contributed by atoms with E-state index in [-0.39, 0.29) is 5.69 Å². The molecule has 0 aromatic carbocycles. The quantitative estimate of drug-likeness (QED) is 0.591. The van der Waals surface area contributed by atoms with E-state index in [1.807, 2.05) is 0 Å². The number of halogens is 3. The second-order valence-electron chi connectivity index (χ2n) is 2.13. The van der Waals surface area contributed by atoms with Gasteiger partial charge in [-0.2, -0.15) is 5.26 Å². The first-order valence-electron chi connectivity index (χ1n) is 3.11. The fourth-order valence-corrected chi connectivity index (χ4v) is 0.696. The lowest BCUT2D eigenvalue weighted by Gasteiger charge is -2.12. The van der Waals surface area contributed by atoms with E-state index in [2.05, 4.69) is 4.98 Å². The van der Waals surface area contributed by atoms with Crippen LogP contribution >= 0.6 is 0 Å². The predicted octanol–water partition coefficient (Wildman–Crippen LogP) is 1.01. The monoisotopic (exact) mass is 171 g/mol. The maximum atomic E-state index is 12.0. The summed E-state index contributed by atoms with van der Waals surface area (Å²) < 4.78 is 36.0. The van der Waals surface area contributed by atoms with Gasteiger partial charge in [0.2, 0.25) is 0 Å². The number of hydrogen-bond acceptors (Lipinski definition) is 2.